The van der Waals surface area contributed by atoms with E-state index in [1.54, 1.807) is 6.08 Å². The Hall–Kier alpha value is -0.253. The molecule has 112 valence electrons. The van der Waals surface area contributed by atoms with E-state index in [0.29, 0.717) is 11.8 Å². The maximum absolute atomic E-state index is 13.9. The van der Waals surface area contributed by atoms with Gasteiger partial charge in [-0.3, -0.25) is 0 Å². The zero-order valence-corrected chi connectivity index (χ0v) is 13.4. The van der Waals surface area contributed by atoms with Gasteiger partial charge in [0.2, 0.25) is 0 Å². The molecule has 6 atom stereocenters. The maximum atomic E-state index is 13.9. The minimum atomic E-state index is -4.05. The van der Waals surface area contributed by atoms with Crippen molar-refractivity contribution in [2.45, 2.75) is 51.1 Å². The average molecular weight is 300 g/mol. The summed E-state index contributed by atoms with van der Waals surface area (Å²) in [6.07, 6.45) is 2.88. The van der Waals surface area contributed by atoms with E-state index in [1.807, 2.05) is 6.08 Å². The van der Waals surface area contributed by atoms with Crippen LogP contribution in [0.2, 0.25) is 25.7 Å². The summed E-state index contributed by atoms with van der Waals surface area (Å²) in [6, 6.07) is 0.856. The zero-order valence-electron chi connectivity index (χ0n) is 12.4. The van der Waals surface area contributed by atoms with Gasteiger partial charge in [0, 0.05) is 8.07 Å². The molecular formula is C16H23F3Si. The van der Waals surface area contributed by atoms with Crippen molar-refractivity contribution in [3.05, 3.63) is 12.2 Å². The van der Waals surface area contributed by atoms with E-state index < -0.39 is 25.1 Å². The molecule has 2 unspecified atom stereocenters. The van der Waals surface area contributed by atoms with Crippen LogP contribution in [0.4, 0.5) is 13.2 Å². The molecular weight excluding hydrogens is 277 g/mol. The van der Waals surface area contributed by atoms with Crippen LogP contribution in [-0.4, -0.2) is 14.3 Å². The Morgan fingerprint density at radius 2 is 1.80 bits per heavy atom. The summed E-state index contributed by atoms with van der Waals surface area (Å²) in [5, 5.41) is 0. The summed E-state index contributed by atoms with van der Waals surface area (Å²) in [5.41, 5.74) is -1.86. The van der Waals surface area contributed by atoms with E-state index in [9.17, 15) is 13.2 Å². The Morgan fingerprint density at radius 3 is 2.40 bits per heavy atom. The standard InChI is InChI=1S/C16H23F3Si/c1-20(2,3)9-14-12-7-8-15(14,16(17,18)19)13(14)11-6-4-5-10(11)12/h7-8,10-13H,4-6,9H2,1-3H3/t10-,11+,12?,13-,14+,15?/m1/s1. The van der Waals surface area contributed by atoms with E-state index in [4.69, 9.17) is 0 Å². The van der Waals surface area contributed by atoms with Crippen LogP contribution < -0.4 is 0 Å². The molecule has 3 fully saturated rings. The molecule has 0 aliphatic heterocycles. The fraction of sp³-hybridized carbons (Fsp3) is 0.875. The van der Waals surface area contributed by atoms with E-state index >= 15 is 0 Å². The molecule has 4 aliphatic rings. The second-order valence-electron chi connectivity index (χ2n) is 8.77. The second-order valence-corrected chi connectivity index (χ2v) is 14.2. The molecule has 0 aromatic rings. The van der Waals surface area contributed by atoms with Crippen molar-refractivity contribution in [3.63, 3.8) is 0 Å². The first-order valence-corrected chi connectivity index (χ1v) is 11.6. The summed E-state index contributed by atoms with van der Waals surface area (Å²) >= 11 is 0. The Bertz CT molecular complexity index is 489. The van der Waals surface area contributed by atoms with Crippen LogP contribution in [0.3, 0.4) is 0 Å². The van der Waals surface area contributed by atoms with Crippen molar-refractivity contribution in [2.24, 2.45) is 34.5 Å². The highest BCUT2D eigenvalue weighted by atomic mass is 28.3. The highest BCUT2D eigenvalue weighted by Gasteiger charge is 2.93. The number of fused-ring (bicyclic) bond motifs is 4. The molecule has 4 heteroatoms. The summed E-state index contributed by atoms with van der Waals surface area (Å²) in [5.74, 6) is 1.07. The molecule has 0 amide bonds. The van der Waals surface area contributed by atoms with E-state index in [-0.39, 0.29) is 11.8 Å². The first-order chi connectivity index (χ1) is 9.15. The van der Waals surface area contributed by atoms with Gasteiger partial charge in [-0.15, -0.1) is 0 Å². The van der Waals surface area contributed by atoms with Gasteiger partial charge >= 0.3 is 6.18 Å². The number of hydrogen-bond acceptors (Lipinski definition) is 0. The highest BCUT2D eigenvalue weighted by Crippen LogP contribution is 2.92. The third-order valence-electron chi connectivity index (χ3n) is 6.70. The molecule has 0 radical (unpaired) electrons. The summed E-state index contributed by atoms with van der Waals surface area (Å²) in [7, 11) is -1.51. The summed E-state index contributed by atoms with van der Waals surface area (Å²) in [6.45, 7) is 6.69. The molecule has 0 saturated heterocycles. The lowest BCUT2D eigenvalue weighted by molar-refractivity contribution is -0.189. The molecule has 0 N–H and O–H groups in total. The molecule has 0 spiro atoms. The van der Waals surface area contributed by atoms with Crippen molar-refractivity contribution in [2.75, 3.05) is 0 Å². The lowest BCUT2D eigenvalue weighted by Crippen LogP contribution is -2.37. The Labute approximate surface area is 119 Å². The lowest BCUT2D eigenvalue weighted by Gasteiger charge is -2.33. The predicted octanol–water partition coefficient (Wildman–Crippen LogP) is 5.11. The quantitative estimate of drug-likeness (QED) is 0.491. The van der Waals surface area contributed by atoms with Gasteiger partial charge in [-0.05, 0) is 48.0 Å². The van der Waals surface area contributed by atoms with Gasteiger partial charge in [0.05, 0.1) is 5.41 Å². The highest BCUT2D eigenvalue weighted by molar-refractivity contribution is 6.76. The van der Waals surface area contributed by atoms with Gasteiger partial charge in [-0.25, -0.2) is 0 Å². The van der Waals surface area contributed by atoms with Crippen LogP contribution >= 0.6 is 0 Å². The first-order valence-electron chi connectivity index (χ1n) is 7.91. The van der Waals surface area contributed by atoms with Crippen LogP contribution in [0.25, 0.3) is 0 Å². The van der Waals surface area contributed by atoms with Gasteiger partial charge < -0.3 is 0 Å². The maximum Gasteiger partial charge on any atom is 0.398 e. The molecule has 4 rings (SSSR count). The topological polar surface area (TPSA) is 0 Å². The van der Waals surface area contributed by atoms with E-state index in [0.717, 1.165) is 25.3 Å². The molecule has 3 saturated carbocycles. The fourth-order valence-corrected chi connectivity index (χ4v) is 9.20. The van der Waals surface area contributed by atoms with Crippen LogP contribution in [0.5, 0.6) is 0 Å². The Morgan fingerprint density at radius 1 is 1.15 bits per heavy atom. The smallest absolute Gasteiger partial charge is 0.170 e. The van der Waals surface area contributed by atoms with E-state index in [2.05, 4.69) is 19.6 Å². The van der Waals surface area contributed by atoms with Crippen molar-refractivity contribution in [1.29, 1.82) is 0 Å². The van der Waals surface area contributed by atoms with Gasteiger partial charge in [-0.1, -0.05) is 38.2 Å². The van der Waals surface area contributed by atoms with Gasteiger partial charge in [0.1, 0.15) is 0 Å². The van der Waals surface area contributed by atoms with Gasteiger partial charge in [0.15, 0.2) is 0 Å². The number of rotatable bonds is 2. The van der Waals surface area contributed by atoms with Crippen molar-refractivity contribution in [3.8, 4) is 0 Å². The number of halogens is 3. The van der Waals surface area contributed by atoms with Crippen molar-refractivity contribution < 1.29 is 13.2 Å². The third kappa shape index (κ3) is 1.22. The largest absolute Gasteiger partial charge is 0.398 e. The minimum absolute atomic E-state index is 0.0794. The second kappa shape index (κ2) is 3.39. The first kappa shape index (κ1) is 13.4. The molecule has 0 heterocycles. The van der Waals surface area contributed by atoms with Crippen LogP contribution in [0.15, 0.2) is 12.2 Å². The Balaban J connectivity index is 1.81. The van der Waals surface area contributed by atoms with Crippen LogP contribution in [-0.2, 0) is 0 Å². The minimum Gasteiger partial charge on any atom is -0.170 e. The average Bonchev–Trinajstić information content (AvgIpc) is 2.62. The predicted molar refractivity (Wildman–Crippen MR) is 76.0 cm³/mol. The monoisotopic (exact) mass is 300 g/mol. The van der Waals surface area contributed by atoms with Gasteiger partial charge in [0.25, 0.3) is 0 Å². The van der Waals surface area contributed by atoms with Gasteiger partial charge in [-0.2, -0.15) is 13.2 Å². The number of alkyl halides is 3. The van der Waals surface area contributed by atoms with Crippen LogP contribution in [0.1, 0.15) is 19.3 Å². The number of hydrogen-bond donors (Lipinski definition) is 0. The molecule has 0 bridgehead atoms. The fourth-order valence-electron chi connectivity index (χ4n) is 6.69. The molecule has 20 heavy (non-hydrogen) atoms. The Kier molecular flexibility index (Phi) is 2.27. The summed E-state index contributed by atoms with van der Waals surface area (Å²) in [4.78, 5) is 0. The SMILES string of the molecule is C[Si](C)(C)C[C@@]12C3C=CC1(C(F)(F)F)[C@@H]2[C@H]1CCC[C@@H]31. The lowest BCUT2D eigenvalue weighted by atomic mass is 9.79. The van der Waals surface area contributed by atoms with Crippen molar-refractivity contribution in [1.82, 2.24) is 0 Å². The normalized spacial score (nSPS) is 52.3. The zero-order chi connectivity index (χ0) is 14.6. The van der Waals surface area contributed by atoms with E-state index in [1.165, 1.54) is 0 Å². The molecule has 0 aromatic carbocycles. The summed E-state index contributed by atoms with van der Waals surface area (Å²) < 4.78 is 41.7. The molecule has 0 aromatic heterocycles. The molecule has 4 aliphatic carbocycles. The van der Waals surface area contributed by atoms with Crippen molar-refractivity contribution >= 4 is 8.07 Å². The molecule has 0 nitrogen and oxygen atoms in total. The van der Waals surface area contributed by atoms with Crippen LogP contribution in [0, 0.1) is 34.5 Å². The third-order valence-corrected chi connectivity index (χ3v) is 8.35. The number of allylic oxidation sites excluding steroid dienone is 2.